The minimum atomic E-state index is 0.132. The van der Waals surface area contributed by atoms with Crippen LogP contribution in [0.5, 0.6) is 5.75 Å². The zero-order chi connectivity index (χ0) is 10.6. The molecule has 0 saturated carbocycles. The lowest BCUT2D eigenvalue weighted by Crippen LogP contribution is -2.18. The van der Waals surface area contributed by atoms with Crippen molar-refractivity contribution in [3.05, 3.63) is 17.3 Å². The first-order chi connectivity index (χ1) is 6.59. The van der Waals surface area contributed by atoms with E-state index in [1.165, 1.54) is 0 Å². The number of anilines is 1. The van der Waals surface area contributed by atoms with Crippen LogP contribution in [0.1, 0.15) is 13.3 Å². The minimum absolute atomic E-state index is 0.132. The van der Waals surface area contributed by atoms with Gasteiger partial charge in [-0.2, -0.15) is 0 Å². The van der Waals surface area contributed by atoms with Crippen molar-refractivity contribution in [1.29, 1.82) is 0 Å². The molecule has 0 aromatic carbocycles. The van der Waals surface area contributed by atoms with E-state index in [4.69, 9.17) is 27.8 Å². The lowest BCUT2D eigenvalue weighted by atomic mass is 10.3. The van der Waals surface area contributed by atoms with E-state index in [2.05, 4.69) is 4.98 Å². The van der Waals surface area contributed by atoms with E-state index in [-0.39, 0.29) is 6.04 Å². The van der Waals surface area contributed by atoms with Crippen molar-refractivity contribution in [2.45, 2.75) is 19.4 Å². The van der Waals surface area contributed by atoms with Crippen LogP contribution in [0.4, 0.5) is 5.82 Å². The monoisotopic (exact) mass is 215 g/mol. The summed E-state index contributed by atoms with van der Waals surface area (Å²) in [6, 6.07) is 1.78. The quantitative estimate of drug-likeness (QED) is 0.797. The Morgan fingerprint density at radius 1 is 1.64 bits per heavy atom. The Hall–Kier alpha value is -1.00. The standard InChI is InChI=1S/C9H14ClN3O/c1-6(11)2-3-14-7-4-8(10)9(12)13-5-7/h4-6H,2-3,11H2,1H3,(H2,12,13)/t6-/m0/s1. The summed E-state index contributed by atoms with van der Waals surface area (Å²) in [5, 5.41) is 0.406. The number of aromatic nitrogens is 1. The number of rotatable bonds is 4. The van der Waals surface area contributed by atoms with E-state index in [9.17, 15) is 0 Å². The van der Waals surface area contributed by atoms with Gasteiger partial charge in [0.1, 0.15) is 11.6 Å². The highest BCUT2D eigenvalue weighted by Crippen LogP contribution is 2.21. The van der Waals surface area contributed by atoms with Gasteiger partial charge in [-0.25, -0.2) is 4.98 Å². The predicted octanol–water partition coefficient (Wildman–Crippen LogP) is 1.43. The largest absolute Gasteiger partial charge is 0.492 e. The van der Waals surface area contributed by atoms with Crippen LogP contribution in [-0.2, 0) is 0 Å². The summed E-state index contributed by atoms with van der Waals surface area (Å²) < 4.78 is 5.37. The fourth-order valence-electron chi connectivity index (χ4n) is 0.873. The zero-order valence-electron chi connectivity index (χ0n) is 8.03. The van der Waals surface area contributed by atoms with Crippen LogP contribution in [0, 0.1) is 0 Å². The first-order valence-electron chi connectivity index (χ1n) is 4.39. The Morgan fingerprint density at radius 3 is 2.93 bits per heavy atom. The predicted molar refractivity (Wildman–Crippen MR) is 57.4 cm³/mol. The van der Waals surface area contributed by atoms with Gasteiger partial charge in [0.05, 0.1) is 17.8 Å². The van der Waals surface area contributed by atoms with Crippen molar-refractivity contribution in [1.82, 2.24) is 4.98 Å². The zero-order valence-corrected chi connectivity index (χ0v) is 8.79. The molecule has 0 bridgehead atoms. The molecule has 1 heterocycles. The Morgan fingerprint density at radius 2 is 2.36 bits per heavy atom. The highest BCUT2D eigenvalue weighted by Gasteiger charge is 2.01. The third kappa shape index (κ3) is 3.40. The summed E-state index contributed by atoms with van der Waals surface area (Å²) in [5.41, 5.74) is 11.0. The van der Waals surface area contributed by atoms with Crippen LogP contribution in [0.3, 0.4) is 0 Å². The lowest BCUT2D eigenvalue weighted by molar-refractivity contribution is 0.300. The van der Waals surface area contributed by atoms with E-state index >= 15 is 0 Å². The van der Waals surface area contributed by atoms with Crippen LogP contribution in [0.2, 0.25) is 5.02 Å². The summed E-state index contributed by atoms with van der Waals surface area (Å²) in [7, 11) is 0. The van der Waals surface area contributed by atoms with E-state index in [1.54, 1.807) is 12.3 Å². The van der Waals surface area contributed by atoms with Gasteiger partial charge >= 0.3 is 0 Å². The molecule has 0 aliphatic rings. The van der Waals surface area contributed by atoms with Gasteiger partial charge in [-0.3, -0.25) is 0 Å². The molecule has 5 heteroatoms. The maximum absolute atomic E-state index is 5.76. The van der Waals surface area contributed by atoms with Crippen LogP contribution < -0.4 is 16.2 Å². The maximum atomic E-state index is 5.76. The van der Waals surface area contributed by atoms with Crippen LogP contribution in [0.25, 0.3) is 0 Å². The summed E-state index contributed by atoms with van der Waals surface area (Å²) >= 11 is 5.76. The number of halogens is 1. The molecule has 0 fully saturated rings. The van der Waals surface area contributed by atoms with Crippen molar-refractivity contribution >= 4 is 17.4 Å². The van der Waals surface area contributed by atoms with Crippen molar-refractivity contribution in [3.63, 3.8) is 0 Å². The molecule has 78 valence electrons. The van der Waals surface area contributed by atoms with E-state index in [1.807, 2.05) is 6.92 Å². The Balaban J connectivity index is 2.47. The molecule has 0 aliphatic heterocycles. The fourth-order valence-corrected chi connectivity index (χ4v) is 1.03. The second kappa shape index (κ2) is 5.02. The SMILES string of the molecule is C[C@H](N)CCOc1cnc(N)c(Cl)c1. The van der Waals surface area contributed by atoms with Gasteiger partial charge in [0, 0.05) is 12.1 Å². The second-order valence-corrected chi connectivity index (χ2v) is 3.56. The molecule has 4 nitrogen and oxygen atoms in total. The van der Waals surface area contributed by atoms with Crippen molar-refractivity contribution in [3.8, 4) is 5.75 Å². The highest BCUT2D eigenvalue weighted by molar-refractivity contribution is 6.32. The third-order valence-corrected chi connectivity index (χ3v) is 1.99. The van der Waals surface area contributed by atoms with Gasteiger partial charge in [0.2, 0.25) is 0 Å². The van der Waals surface area contributed by atoms with Gasteiger partial charge in [-0.15, -0.1) is 0 Å². The number of nitrogens with zero attached hydrogens (tertiary/aromatic N) is 1. The average molecular weight is 216 g/mol. The minimum Gasteiger partial charge on any atom is -0.492 e. The van der Waals surface area contributed by atoms with E-state index in [0.29, 0.717) is 23.2 Å². The Bertz CT molecular complexity index is 304. The molecule has 0 spiro atoms. The number of hydrogen-bond donors (Lipinski definition) is 2. The van der Waals surface area contributed by atoms with Gasteiger partial charge in [0.25, 0.3) is 0 Å². The summed E-state index contributed by atoms with van der Waals surface area (Å²) in [6.07, 6.45) is 2.34. The smallest absolute Gasteiger partial charge is 0.142 e. The van der Waals surface area contributed by atoms with Crippen molar-refractivity contribution in [2.24, 2.45) is 5.73 Å². The van der Waals surface area contributed by atoms with Crippen LogP contribution >= 0.6 is 11.6 Å². The van der Waals surface area contributed by atoms with E-state index < -0.39 is 0 Å². The van der Waals surface area contributed by atoms with Crippen molar-refractivity contribution in [2.75, 3.05) is 12.3 Å². The highest BCUT2D eigenvalue weighted by atomic mass is 35.5. The lowest BCUT2D eigenvalue weighted by Gasteiger charge is -2.08. The number of nitrogen functional groups attached to an aromatic ring is 1. The number of nitrogens with two attached hydrogens (primary N) is 2. The second-order valence-electron chi connectivity index (χ2n) is 3.15. The summed E-state index contributed by atoms with van der Waals surface area (Å²) in [4.78, 5) is 3.87. The molecule has 0 unspecified atom stereocenters. The number of ether oxygens (including phenoxy) is 1. The molecule has 1 aromatic rings. The first kappa shape index (κ1) is 11.1. The summed E-state index contributed by atoms with van der Waals surface area (Å²) in [5.74, 6) is 0.927. The number of hydrogen-bond acceptors (Lipinski definition) is 4. The third-order valence-electron chi connectivity index (χ3n) is 1.69. The molecule has 4 N–H and O–H groups in total. The van der Waals surface area contributed by atoms with Crippen molar-refractivity contribution < 1.29 is 4.74 Å². The molecule has 0 radical (unpaired) electrons. The summed E-state index contributed by atoms with van der Waals surface area (Å²) in [6.45, 7) is 2.48. The molecular formula is C9H14ClN3O. The molecule has 14 heavy (non-hydrogen) atoms. The van der Waals surface area contributed by atoms with Crippen LogP contribution in [-0.4, -0.2) is 17.6 Å². The van der Waals surface area contributed by atoms with Gasteiger partial charge in [-0.1, -0.05) is 11.6 Å². The average Bonchev–Trinajstić information content (AvgIpc) is 2.10. The van der Waals surface area contributed by atoms with E-state index in [0.717, 1.165) is 6.42 Å². The van der Waals surface area contributed by atoms with Gasteiger partial charge in [-0.05, 0) is 13.3 Å². The van der Waals surface area contributed by atoms with Crippen LogP contribution in [0.15, 0.2) is 12.3 Å². The molecule has 1 atom stereocenters. The fraction of sp³-hybridized carbons (Fsp3) is 0.444. The molecular weight excluding hydrogens is 202 g/mol. The molecule has 1 aromatic heterocycles. The molecule has 1 rings (SSSR count). The van der Waals surface area contributed by atoms with Gasteiger partial charge in [0.15, 0.2) is 0 Å². The molecule has 0 saturated heterocycles. The topological polar surface area (TPSA) is 74.2 Å². The first-order valence-corrected chi connectivity index (χ1v) is 4.77. The Kier molecular flexibility index (Phi) is 3.98. The Labute approximate surface area is 88.2 Å². The maximum Gasteiger partial charge on any atom is 0.142 e. The number of pyridine rings is 1. The molecule has 0 aliphatic carbocycles. The van der Waals surface area contributed by atoms with Gasteiger partial charge < -0.3 is 16.2 Å². The normalized spacial score (nSPS) is 12.5. The molecule has 0 amide bonds.